The Morgan fingerprint density at radius 1 is 1.22 bits per heavy atom. The van der Waals surface area contributed by atoms with Crippen molar-refractivity contribution in [3.63, 3.8) is 0 Å². The van der Waals surface area contributed by atoms with E-state index in [1.165, 1.54) is 22.8 Å². The molecule has 2 nitrogen and oxygen atoms in total. The third-order valence-corrected chi connectivity index (χ3v) is 5.04. The van der Waals surface area contributed by atoms with Gasteiger partial charge in [-0.3, -0.25) is 9.59 Å². The largest absolute Gasteiger partial charge is 0.290 e. The van der Waals surface area contributed by atoms with Crippen LogP contribution in [0.25, 0.3) is 0 Å². The number of Topliss-reactive ketones (excluding diaryl/α,β-unsaturated/α-hetero) is 1. The van der Waals surface area contributed by atoms with E-state index in [1.807, 2.05) is 6.08 Å². The molecule has 2 heteroatoms. The summed E-state index contributed by atoms with van der Waals surface area (Å²) in [6, 6.07) is 0. The van der Waals surface area contributed by atoms with Crippen LogP contribution in [0.2, 0.25) is 0 Å². The molecular formula is C21H28O2. The third kappa shape index (κ3) is 4.40. The van der Waals surface area contributed by atoms with Gasteiger partial charge in [-0.2, -0.15) is 0 Å². The van der Waals surface area contributed by atoms with Gasteiger partial charge in [0, 0.05) is 5.92 Å². The normalized spacial score (nSPS) is 27.6. The lowest BCUT2D eigenvalue weighted by molar-refractivity contribution is -0.139. The number of hydrogen-bond donors (Lipinski definition) is 0. The molecule has 23 heavy (non-hydrogen) atoms. The molecule has 0 radical (unpaired) electrons. The van der Waals surface area contributed by atoms with E-state index >= 15 is 0 Å². The minimum Gasteiger partial charge on any atom is -0.290 e. The molecule has 0 aliphatic heterocycles. The summed E-state index contributed by atoms with van der Waals surface area (Å²) in [5, 5.41) is 0. The van der Waals surface area contributed by atoms with Crippen LogP contribution in [0.4, 0.5) is 0 Å². The van der Waals surface area contributed by atoms with E-state index in [9.17, 15) is 9.59 Å². The summed E-state index contributed by atoms with van der Waals surface area (Å²) < 4.78 is 0. The molecule has 0 bridgehead atoms. The van der Waals surface area contributed by atoms with Crippen LogP contribution < -0.4 is 0 Å². The van der Waals surface area contributed by atoms with Crippen LogP contribution in [0.3, 0.4) is 0 Å². The van der Waals surface area contributed by atoms with Crippen LogP contribution in [0.5, 0.6) is 0 Å². The van der Waals surface area contributed by atoms with E-state index in [4.69, 9.17) is 0 Å². The number of ketones is 2. The summed E-state index contributed by atoms with van der Waals surface area (Å²) in [4.78, 5) is 24.1. The Morgan fingerprint density at radius 2 is 1.96 bits per heavy atom. The van der Waals surface area contributed by atoms with E-state index in [-0.39, 0.29) is 29.3 Å². The second-order valence-electron chi connectivity index (χ2n) is 7.17. The van der Waals surface area contributed by atoms with Gasteiger partial charge in [-0.25, -0.2) is 0 Å². The lowest BCUT2D eigenvalue weighted by Gasteiger charge is -2.36. The van der Waals surface area contributed by atoms with Crippen molar-refractivity contribution < 1.29 is 9.59 Å². The van der Waals surface area contributed by atoms with E-state index in [0.29, 0.717) is 0 Å². The molecule has 0 heterocycles. The SMILES string of the molecule is CC(C)=CCC/C(C)=C/CC1C(C)=CCC2C=CC(=O)C(=O)C21. The van der Waals surface area contributed by atoms with Crippen molar-refractivity contribution in [1.82, 2.24) is 0 Å². The Labute approximate surface area is 140 Å². The lowest BCUT2D eigenvalue weighted by Crippen LogP contribution is -2.39. The fraction of sp³-hybridized carbons (Fsp3) is 0.524. The van der Waals surface area contributed by atoms with Crippen molar-refractivity contribution in [3.05, 3.63) is 47.1 Å². The van der Waals surface area contributed by atoms with Gasteiger partial charge in [-0.1, -0.05) is 41.0 Å². The van der Waals surface area contributed by atoms with Crippen molar-refractivity contribution in [2.75, 3.05) is 0 Å². The summed E-state index contributed by atoms with van der Waals surface area (Å²) in [7, 11) is 0. The molecule has 3 atom stereocenters. The summed E-state index contributed by atoms with van der Waals surface area (Å²) in [6.45, 7) is 8.50. The van der Waals surface area contributed by atoms with Gasteiger partial charge in [0.15, 0.2) is 0 Å². The van der Waals surface area contributed by atoms with Gasteiger partial charge in [-0.05, 0) is 71.3 Å². The Kier molecular flexibility index (Phi) is 5.92. The van der Waals surface area contributed by atoms with Gasteiger partial charge < -0.3 is 0 Å². The molecule has 2 rings (SSSR count). The first kappa shape index (κ1) is 17.7. The molecular weight excluding hydrogens is 284 g/mol. The maximum Gasteiger partial charge on any atom is 0.221 e. The number of carbonyl (C=O) groups is 2. The van der Waals surface area contributed by atoms with Gasteiger partial charge in [-0.15, -0.1) is 0 Å². The Hall–Kier alpha value is -1.70. The minimum atomic E-state index is -0.324. The number of carbonyl (C=O) groups excluding carboxylic acids is 2. The van der Waals surface area contributed by atoms with Crippen molar-refractivity contribution in [2.24, 2.45) is 17.8 Å². The fourth-order valence-electron chi connectivity index (χ4n) is 3.59. The van der Waals surface area contributed by atoms with Crippen LogP contribution in [-0.4, -0.2) is 11.6 Å². The molecule has 3 unspecified atom stereocenters. The second-order valence-corrected chi connectivity index (χ2v) is 7.17. The first-order valence-electron chi connectivity index (χ1n) is 8.62. The standard InChI is InChI=1S/C21H28O2/c1-14(2)6-5-7-15(3)8-12-18-16(4)9-10-17-11-13-19(22)21(23)20(17)18/h6,8-9,11,13,17-18,20H,5,7,10,12H2,1-4H3/b15-8+. The molecule has 0 aromatic rings. The Morgan fingerprint density at radius 3 is 2.65 bits per heavy atom. The average molecular weight is 312 g/mol. The molecule has 0 spiro atoms. The van der Waals surface area contributed by atoms with Gasteiger partial charge in [0.05, 0.1) is 0 Å². The van der Waals surface area contributed by atoms with Gasteiger partial charge in [0.2, 0.25) is 11.6 Å². The maximum atomic E-state index is 12.4. The van der Waals surface area contributed by atoms with Crippen LogP contribution in [0.1, 0.15) is 53.4 Å². The fourth-order valence-corrected chi connectivity index (χ4v) is 3.59. The predicted molar refractivity (Wildman–Crippen MR) is 95.0 cm³/mol. The zero-order chi connectivity index (χ0) is 17.0. The Balaban J connectivity index is 2.07. The average Bonchev–Trinajstić information content (AvgIpc) is 2.49. The summed E-state index contributed by atoms with van der Waals surface area (Å²) >= 11 is 0. The number of hydrogen-bond acceptors (Lipinski definition) is 2. The maximum absolute atomic E-state index is 12.4. The molecule has 0 amide bonds. The van der Waals surface area contributed by atoms with E-state index in [2.05, 4.69) is 45.9 Å². The van der Waals surface area contributed by atoms with E-state index in [0.717, 1.165) is 25.7 Å². The number of fused-ring (bicyclic) bond motifs is 1. The highest BCUT2D eigenvalue weighted by molar-refractivity contribution is 6.43. The van der Waals surface area contributed by atoms with Crippen LogP contribution >= 0.6 is 0 Å². The minimum absolute atomic E-state index is 0.153. The molecule has 0 saturated carbocycles. The van der Waals surface area contributed by atoms with Crippen molar-refractivity contribution in [1.29, 1.82) is 0 Å². The monoisotopic (exact) mass is 312 g/mol. The highest BCUT2D eigenvalue weighted by Crippen LogP contribution is 2.40. The summed E-state index contributed by atoms with van der Waals surface area (Å²) in [5.41, 5.74) is 3.98. The smallest absolute Gasteiger partial charge is 0.221 e. The molecule has 124 valence electrons. The molecule has 0 aromatic heterocycles. The zero-order valence-electron chi connectivity index (χ0n) is 14.8. The van der Waals surface area contributed by atoms with Crippen LogP contribution in [-0.2, 0) is 9.59 Å². The first-order chi connectivity index (χ1) is 10.9. The van der Waals surface area contributed by atoms with E-state index in [1.54, 1.807) is 0 Å². The van der Waals surface area contributed by atoms with Crippen LogP contribution in [0.15, 0.2) is 47.1 Å². The zero-order valence-corrected chi connectivity index (χ0v) is 14.8. The van der Waals surface area contributed by atoms with Gasteiger partial charge in [0.25, 0.3) is 0 Å². The lowest BCUT2D eigenvalue weighted by atomic mass is 9.66. The summed E-state index contributed by atoms with van der Waals surface area (Å²) in [6.07, 6.45) is 14.0. The highest BCUT2D eigenvalue weighted by atomic mass is 16.2. The first-order valence-corrected chi connectivity index (χ1v) is 8.62. The van der Waals surface area contributed by atoms with E-state index < -0.39 is 0 Å². The third-order valence-electron chi connectivity index (χ3n) is 5.04. The number of allylic oxidation sites excluding steroid dienone is 8. The van der Waals surface area contributed by atoms with Crippen molar-refractivity contribution >= 4 is 11.6 Å². The van der Waals surface area contributed by atoms with Gasteiger partial charge in [0.1, 0.15) is 0 Å². The van der Waals surface area contributed by atoms with Crippen LogP contribution in [0, 0.1) is 17.8 Å². The topological polar surface area (TPSA) is 34.1 Å². The molecule has 0 saturated heterocycles. The quantitative estimate of drug-likeness (QED) is 0.530. The molecule has 0 fully saturated rings. The van der Waals surface area contributed by atoms with Gasteiger partial charge >= 0.3 is 0 Å². The number of rotatable bonds is 5. The Bertz CT molecular complexity index is 597. The van der Waals surface area contributed by atoms with Crippen molar-refractivity contribution in [3.8, 4) is 0 Å². The highest BCUT2D eigenvalue weighted by Gasteiger charge is 2.41. The summed E-state index contributed by atoms with van der Waals surface area (Å²) in [5.74, 6) is -0.290. The molecule has 0 aromatic carbocycles. The molecule has 0 N–H and O–H groups in total. The predicted octanol–water partition coefficient (Wildman–Crippen LogP) is 4.98. The molecule has 2 aliphatic carbocycles. The second kappa shape index (κ2) is 7.72. The van der Waals surface area contributed by atoms with Crippen molar-refractivity contribution in [2.45, 2.75) is 53.4 Å². The molecule has 2 aliphatic rings.